The average molecular weight is 595 g/mol. The largest absolute Gasteiger partial charge is 0.497 e. The molecule has 0 saturated carbocycles. The molecule has 0 radical (unpaired) electrons. The van der Waals surface area contributed by atoms with Crippen LogP contribution in [0.2, 0.25) is 0 Å². The number of nitrogens with zero attached hydrogens (tertiary/aromatic N) is 2. The lowest BCUT2D eigenvalue weighted by atomic mass is 10.0. The number of hydrogen-bond acceptors (Lipinski definition) is 6. The maximum atomic E-state index is 13.1. The number of hydrogen-bond donors (Lipinski definition) is 3. The lowest BCUT2D eigenvalue weighted by Gasteiger charge is -2.26. The smallest absolute Gasteiger partial charge is 0.261 e. The van der Waals surface area contributed by atoms with E-state index in [0.29, 0.717) is 33.6 Å². The molecule has 0 unspecified atom stereocenters. The Morgan fingerprint density at radius 3 is 2.35 bits per heavy atom. The van der Waals surface area contributed by atoms with Crippen molar-refractivity contribution >= 4 is 38.0 Å². The molecule has 0 bridgehead atoms. The molecule has 2 heterocycles. The van der Waals surface area contributed by atoms with Crippen molar-refractivity contribution in [3.63, 3.8) is 0 Å². The number of aliphatic imine (C=N–C) groups is 1. The number of ether oxygens (including phenoxy) is 1. The first kappa shape index (κ1) is 28.5. The van der Waals surface area contributed by atoms with E-state index in [0.717, 1.165) is 30.9 Å². The normalized spacial score (nSPS) is 14.6. The van der Waals surface area contributed by atoms with Gasteiger partial charge in [-0.05, 0) is 86.1 Å². The van der Waals surface area contributed by atoms with Crippen LogP contribution in [0.15, 0.2) is 107 Å². The summed E-state index contributed by atoms with van der Waals surface area (Å²) in [5.41, 5.74) is 4.89. The zero-order valence-electron chi connectivity index (χ0n) is 24.0. The standard InChI is InChI=1S/C34H34N4O4S/c1-42-28-15-17-29(18-16-28)43(40,41)37-27-14-19-31-30(22-27)32(34(39)36-31)33(25-8-4-2-5-9-25)35-26-12-10-24(11-13-26)23-38-20-6-3-7-21-38/h2,4-5,8-19,22,36-37,39H,3,6-7,20-21,23H2,1H3. The molecule has 220 valence electrons. The summed E-state index contributed by atoms with van der Waals surface area (Å²) in [5, 5.41) is 11.8. The van der Waals surface area contributed by atoms with E-state index >= 15 is 0 Å². The van der Waals surface area contributed by atoms with Gasteiger partial charge in [0.15, 0.2) is 5.88 Å². The molecule has 0 aliphatic carbocycles. The van der Waals surface area contributed by atoms with E-state index in [1.165, 1.54) is 44.1 Å². The van der Waals surface area contributed by atoms with Crippen molar-refractivity contribution in [1.29, 1.82) is 0 Å². The van der Waals surface area contributed by atoms with E-state index in [1.807, 2.05) is 42.5 Å². The molecule has 6 rings (SSSR count). The predicted molar refractivity (Wildman–Crippen MR) is 171 cm³/mol. The van der Waals surface area contributed by atoms with Crippen molar-refractivity contribution in [2.45, 2.75) is 30.7 Å². The second-order valence-corrected chi connectivity index (χ2v) is 12.4. The molecule has 1 aliphatic rings. The minimum atomic E-state index is -3.86. The monoisotopic (exact) mass is 594 g/mol. The number of anilines is 1. The number of aromatic amines is 1. The number of sulfonamides is 1. The molecule has 3 N–H and O–H groups in total. The van der Waals surface area contributed by atoms with Gasteiger partial charge < -0.3 is 14.8 Å². The van der Waals surface area contributed by atoms with E-state index in [1.54, 1.807) is 30.3 Å². The van der Waals surface area contributed by atoms with Crippen molar-refractivity contribution in [2.24, 2.45) is 4.99 Å². The van der Waals surface area contributed by atoms with Gasteiger partial charge in [0.2, 0.25) is 0 Å². The van der Waals surface area contributed by atoms with E-state index in [-0.39, 0.29) is 10.8 Å². The van der Waals surface area contributed by atoms with Crippen LogP contribution < -0.4 is 9.46 Å². The minimum absolute atomic E-state index is 0.0468. The van der Waals surface area contributed by atoms with E-state index < -0.39 is 10.0 Å². The molecular formula is C34H34N4O4S. The summed E-state index contributed by atoms with van der Waals surface area (Å²) < 4.78 is 34.1. The molecule has 0 atom stereocenters. The first-order valence-electron chi connectivity index (χ1n) is 14.4. The number of aromatic hydroxyl groups is 1. The van der Waals surface area contributed by atoms with Crippen LogP contribution in [0.5, 0.6) is 11.6 Å². The maximum absolute atomic E-state index is 13.1. The van der Waals surface area contributed by atoms with Crippen LogP contribution in [-0.4, -0.2) is 49.3 Å². The van der Waals surface area contributed by atoms with E-state index in [2.05, 4.69) is 26.7 Å². The summed E-state index contributed by atoms with van der Waals surface area (Å²) in [6, 6.07) is 29.2. The number of piperidine rings is 1. The Morgan fingerprint density at radius 1 is 0.930 bits per heavy atom. The predicted octanol–water partition coefficient (Wildman–Crippen LogP) is 6.84. The number of benzene rings is 4. The SMILES string of the molecule is COc1ccc(S(=O)(=O)Nc2ccc3[nH]c(O)c(C(=Nc4ccc(CN5CCCCC5)cc4)c4ccccc4)c3c2)cc1. The van der Waals surface area contributed by atoms with Gasteiger partial charge in [-0.3, -0.25) is 9.62 Å². The molecule has 0 amide bonds. The van der Waals surface area contributed by atoms with Gasteiger partial charge in [0.05, 0.1) is 29.0 Å². The Kier molecular flexibility index (Phi) is 8.18. The van der Waals surface area contributed by atoms with Gasteiger partial charge in [-0.25, -0.2) is 13.4 Å². The molecule has 4 aromatic carbocycles. The summed E-state index contributed by atoms with van der Waals surface area (Å²) in [7, 11) is -2.33. The summed E-state index contributed by atoms with van der Waals surface area (Å²) in [6.45, 7) is 3.19. The molecule has 8 nitrogen and oxygen atoms in total. The number of methoxy groups -OCH3 is 1. The van der Waals surface area contributed by atoms with Crippen molar-refractivity contribution in [2.75, 3.05) is 24.9 Å². The van der Waals surface area contributed by atoms with Crippen molar-refractivity contribution in [1.82, 2.24) is 9.88 Å². The molecule has 1 fully saturated rings. The van der Waals surface area contributed by atoms with E-state index in [9.17, 15) is 13.5 Å². The van der Waals surface area contributed by atoms with Gasteiger partial charge in [0.1, 0.15) is 5.75 Å². The van der Waals surface area contributed by atoms with Crippen LogP contribution in [0, 0.1) is 0 Å². The zero-order valence-corrected chi connectivity index (χ0v) is 24.8. The number of rotatable bonds is 9. The van der Waals surface area contributed by atoms with Crippen molar-refractivity contribution in [3.8, 4) is 11.6 Å². The van der Waals surface area contributed by atoms with Gasteiger partial charge in [0.25, 0.3) is 10.0 Å². The summed E-state index contributed by atoms with van der Waals surface area (Å²) in [4.78, 5) is 10.6. The molecule has 43 heavy (non-hydrogen) atoms. The molecule has 0 spiro atoms. The third-order valence-electron chi connectivity index (χ3n) is 7.72. The molecule has 1 saturated heterocycles. The number of H-pyrrole nitrogens is 1. The quantitative estimate of drug-likeness (QED) is 0.162. The second kappa shape index (κ2) is 12.3. The van der Waals surface area contributed by atoms with Crippen LogP contribution in [0.1, 0.15) is 36.0 Å². The van der Waals surface area contributed by atoms with Gasteiger partial charge in [-0.2, -0.15) is 0 Å². The Morgan fingerprint density at radius 2 is 1.65 bits per heavy atom. The highest BCUT2D eigenvalue weighted by molar-refractivity contribution is 7.92. The van der Waals surface area contributed by atoms with Crippen molar-refractivity contribution < 1.29 is 18.3 Å². The Bertz CT molecular complexity index is 1840. The lowest BCUT2D eigenvalue weighted by molar-refractivity contribution is 0.221. The van der Waals surface area contributed by atoms with Gasteiger partial charge >= 0.3 is 0 Å². The van der Waals surface area contributed by atoms with Gasteiger partial charge in [0, 0.05) is 28.7 Å². The van der Waals surface area contributed by atoms with Crippen LogP contribution in [0.4, 0.5) is 11.4 Å². The Hall–Kier alpha value is -4.60. The third-order valence-corrected chi connectivity index (χ3v) is 9.11. The third kappa shape index (κ3) is 6.43. The molecule has 1 aromatic heterocycles. The Labute approximate surface area is 251 Å². The minimum Gasteiger partial charge on any atom is -0.497 e. The molecule has 9 heteroatoms. The van der Waals surface area contributed by atoms with E-state index in [4.69, 9.17) is 9.73 Å². The zero-order chi connectivity index (χ0) is 29.8. The summed E-state index contributed by atoms with van der Waals surface area (Å²) >= 11 is 0. The van der Waals surface area contributed by atoms with Crippen molar-refractivity contribution in [3.05, 3.63) is 114 Å². The highest BCUT2D eigenvalue weighted by atomic mass is 32.2. The van der Waals surface area contributed by atoms with Crippen LogP contribution >= 0.6 is 0 Å². The number of likely N-dealkylation sites (tertiary alicyclic amines) is 1. The Balaban J connectivity index is 1.36. The van der Waals surface area contributed by atoms with Gasteiger partial charge in [-0.1, -0.05) is 48.9 Å². The fourth-order valence-corrected chi connectivity index (χ4v) is 6.54. The first-order chi connectivity index (χ1) is 20.9. The average Bonchev–Trinajstić information content (AvgIpc) is 3.36. The topological polar surface area (TPSA) is 107 Å². The highest BCUT2D eigenvalue weighted by Crippen LogP contribution is 2.34. The second-order valence-electron chi connectivity index (χ2n) is 10.7. The highest BCUT2D eigenvalue weighted by Gasteiger charge is 2.21. The fraction of sp³-hybridized carbons (Fsp3) is 0.206. The number of fused-ring (bicyclic) bond motifs is 1. The molecular weight excluding hydrogens is 560 g/mol. The van der Waals surface area contributed by atoms with Crippen LogP contribution in [-0.2, 0) is 16.6 Å². The molecule has 1 aliphatic heterocycles. The summed E-state index contributed by atoms with van der Waals surface area (Å²) in [6.07, 6.45) is 3.81. The van der Waals surface area contributed by atoms with Crippen LogP contribution in [0.25, 0.3) is 10.9 Å². The fourth-order valence-electron chi connectivity index (χ4n) is 5.49. The van der Waals surface area contributed by atoms with Crippen LogP contribution in [0.3, 0.4) is 0 Å². The lowest BCUT2D eigenvalue weighted by Crippen LogP contribution is -2.28. The maximum Gasteiger partial charge on any atom is 0.261 e. The molecule has 5 aromatic rings. The summed E-state index contributed by atoms with van der Waals surface area (Å²) in [5.74, 6) is 0.520. The van der Waals surface area contributed by atoms with Gasteiger partial charge in [-0.15, -0.1) is 0 Å². The first-order valence-corrected chi connectivity index (χ1v) is 15.9. The number of nitrogens with one attached hydrogen (secondary N) is 2. The number of aromatic nitrogens is 1.